The number of rotatable bonds is 6. The molecule has 3 aromatic rings. The first-order valence-corrected chi connectivity index (χ1v) is 10.8. The van der Waals surface area contributed by atoms with Gasteiger partial charge in [0.25, 0.3) is 20.0 Å². The van der Waals surface area contributed by atoms with Crippen molar-refractivity contribution in [3.63, 3.8) is 0 Å². The van der Waals surface area contributed by atoms with E-state index in [0.717, 1.165) is 12.1 Å². The van der Waals surface area contributed by atoms with E-state index < -0.39 is 31.7 Å². The molecule has 0 spiro atoms. The minimum absolute atomic E-state index is 0.00307. The van der Waals surface area contributed by atoms with Crippen molar-refractivity contribution < 1.29 is 25.6 Å². The largest absolute Gasteiger partial charge is 0.254 e. The predicted octanol–water partition coefficient (Wildman–Crippen LogP) is 2.80. The van der Waals surface area contributed by atoms with E-state index >= 15 is 0 Å². The van der Waals surface area contributed by atoms with Crippen LogP contribution >= 0.6 is 0 Å². The van der Waals surface area contributed by atoms with E-state index in [1.54, 1.807) is 15.7 Å². The van der Waals surface area contributed by atoms with Gasteiger partial charge in [0.1, 0.15) is 11.6 Å². The van der Waals surface area contributed by atoms with Crippen LogP contribution in [0.3, 0.4) is 0 Å². The van der Waals surface area contributed by atoms with E-state index in [4.69, 9.17) is 0 Å². The van der Waals surface area contributed by atoms with E-state index in [1.807, 2.05) is 0 Å². The van der Waals surface area contributed by atoms with Crippen molar-refractivity contribution in [2.45, 2.75) is 9.79 Å². The monoisotopic (exact) mass is 424 g/mol. The van der Waals surface area contributed by atoms with Gasteiger partial charge >= 0.3 is 0 Å². The molecule has 2 N–H and O–H groups in total. The molecule has 0 aliphatic carbocycles. The minimum Gasteiger partial charge on any atom is -0.207 e. The molecule has 0 aromatic heterocycles. The van der Waals surface area contributed by atoms with E-state index in [-0.39, 0.29) is 20.9 Å². The topological polar surface area (TPSA) is 92.3 Å². The van der Waals surface area contributed by atoms with Crippen molar-refractivity contribution in [3.8, 4) is 11.1 Å². The summed E-state index contributed by atoms with van der Waals surface area (Å²) >= 11 is 0. The third kappa shape index (κ3) is 4.42. The Morgan fingerprint density at radius 3 is 1.89 bits per heavy atom. The molecule has 3 aromatic carbocycles. The van der Waals surface area contributed by atoms with Crippen LogP contribution in [-0.4, -0.2) is 16.8 Å². The van der Waals surface area contributed by atoms with Gasteiger partial charge in [0.05, 0.1) is 9.79 Å². The highest BCUT2D eigenvalue weighted by atomic mass is 32.2. The Balaban J connectivity index is 1.87. The summed E-state index contributed by atoms with van der Waals surface area (Å²) in [6, 6.07) is 15.3. The number of halogens is 2. The lowest BCUT2D eigenvalue weighted by Crippen LogP contribution is -2.41. The normalized spacial score (nSPS) is 12.1. The highest BCUT2D eigenvalue weighted by molar-refractivity contribution is 7.92. The van der Waals surface area contributed by atoms with Crippen LogP contribution in [0.5, 0.6) is 0 Å². The Morgan fingerprint density at radius 2 is 1.25 bits per heavy atom. The zero-order valence-corrected chi connectivity index (χ0v) is 15.8. The Morgan fingerprint density at radius 1 is 0.643 bits per heavy atom. The van der Waals surface area contributed by atoms with E-state index in [2.05, 4.69) is 0 Å². The number of hydrogen-bond donors (Lipinski definition) is 2. The minimum atomic E-state index is -4.29. The fraction of sp³-hybridized carbons (Fsp3) is 0. The second kappa shape index (κ2) is 7.76. The van der Waals surface area contributed by atoms with Crippen LogP contribution < -0.4 is 9.66 Å². The number of nitrogens with one attached hydrogen (secondary N) is 2. The molecular weight excluding hydrogens is 410 g/mol. The Labute approximate surface area is 160 Å². The maximum absolute atomic E-state index is 14.0. The van der Waals surface area contributed by atoms with Crippen LogP contribution in [0.2, 0.25) is 0 Å². The third-order valence-corrected chi connectivity index (χ3v) is 6.39. The third-order valence-electron chi connectivity index (χ3n) is 3.75. The van der Waals surface area contributed by atoms with Crippen molar-refractivity contribution in [2.24, 2.45) is 0 Å². The summed E-state index contributed by atoms with van der Waals surface area (Å²) in [6.07, 6.45) is 0. The van der Waals surface area contributed by atoms with Crippen LogP contribution in [0.1, 0.15) is 0 Å². The van der Waals surface area contributed by atoms with Gasteiger partial charge in [-0.2, -0.15) is 0 Å². The van der Waals surface area contributed by atoms with Gasteiger partial charge in [-0.3, -0.25) is 0 Å². The summed E-state index contributed by atoms with van der Waals surface area (Å²) in [4.78, 5) is 3.17. The predicted molar refractivity (Wildman–Crippen MR) is 98.9 cm³/mol. The molecule has 3 rings (SSSR count). The molecule has 0 amide bonds. The lowest BCUT2D eigenvalue weighted by atomic mass is 10.1. The molecule has 146 valence electrons. The molecule has 0 aliphatic heterocycles. The zero-order chi connectivity index (χ0) is 20.4. The van der Waals surface area contributed by atoms with Crippen molar-refractivity contribution in [2.75, 3.05) is 0 Å². The molecule has 0 saturated heterocycles. The molecular formula is C18H14F2N2O4S2. The highest BCUT2D eigenvalue weighted by Crippen LogP contribution is 2.25. The lowest BCUT2D eigenvalue weighted by molar-refractivity contribution is 0.557. The number of sulfonamides is 2. The zero-order valence-electron chi connectivity index (χ0n) is 14.1. The smallest absolute Gasteiger partial charge is 0.207 e. The fourth-order valence-electron chi connectivity index (χ4n) is 2.38. The van der Waals surface area contributed by atoms with Gasteiger partial charge in [0, 0.05) is 11.6 Å². The van der Waals surface area contributed by atoms with Crippen LogP contribution in [0.4, 0.5) is 8.78 Å². The van der Waals surface area contributed by atoms with Crippen LogP contribution in [0, 0.1) is 11.6 Å². The molecule has 0 bridgehead atoms. The summed E-state index contributed by atoms with van der Waals surface area (Å²) in [5, 5.41) is 0. The summed E-state index contributed by atoms with van der Waals surface area (Å²) in [7, 11) is -8.41. The van der Waals surface area contributed by atoms with Crippen LogP contribution in [0.15, 0.2) is 82.6 Å². The molecule has 0 atom stereocenters. The Kier molecular flexibility index (Phi) is 5.57. The first-order chi connectivity index (χ1) is 13.2. The number of hydrogen-bond acceptors (Lipinski definition) is 4. The highest BCUT2D eigenvalue weighted by Gasteiger charge is 2.20. The number of hydrazine groups is 1. The quantitative estimate of drug-likeness (QED) is 0.595. The summed E-state index contributed by atoms with van der Waals surface area (Å²) in [5.41, 5.74) is 0.189. The standard InChI is InChI=1S/C18H14F2N2O4S2/c19-14-9-10-17(18(20)12-14)13-5-4-8-16(11-13)28(25,26)22-21-27(23,24)15-6-2-1-3-7-15/h1-12,21-22H. The van der Waals surface area contributed by atoms with Gasteiger partial charge in [-0.05, 0) is 42.0 Å². The molecule has 0 unspecified atom stereocenters. The molecule has 0 saturated carbocycles. The average Bonchev–Trinajstić information content (AvgIpc) is 2.67. The van der Waals surface area contributed by atoms with Crippen LogP contribution in [0.25, 0.3) is 11.1 Å². The molecule has 0 radical (unpaired) electrons. The first kappa shape index (κ1) is 20.1. The van der Waals surface area contributed by atoms with Crippen LogP contribution in [-0.2, 0) is 20.0 Å². The van der Waals surface area contributed by atoms with Crippen molar-refractivity contribution in [1.82, 2.24) is 9.66 Å². The molecule has 10 heteroatoms. The Bertz CT molecular complexity index is 1220. The molecule has 0 fully saturated rings. The van der Waals surface area contributed by atoms with Crippen molar-refractivity contribution in [1.29, 1.82) is 0 Å². The van der Waals surface area contributed by atoms with E-state index in [9.17, 15) is 25.6 Å². The maximum Gasteiger partial charge on any atom is 0.254 e. The summed E-state index contributed by atoms with van der Waals surface area (Å²) in [6.45, 7) is 0. The van der Waals surface area contributed by atoms with Gasteiger partial charge in [-0.1, -0.05) is 30.3 Å². The molecule has 28 heavy (non-hydrogen) atoms. The van der Waals surface area contributed by atoms with Gasteiger partial charge < -0.3 is 0 Å². The first-order valence-electron chi connectivity index (χ1n) is 7.83. The van der Waals surface area contributed by atoms with E-state index in [0.29, 0.717) is 6.07 Å². The summed E-state index contributed by atoms with van der Waals surface area (Å²) < 4.78 is 76.2. The van der Waals surface area contributed by atoms with Crippen molar-refractivity contribution in [3.05, 3.63) is 84.4 Å². The lowest BCUT2D eigenvalue weighted by Gasteiger charge is -2.11. The fourth-order valence-corrected chi connectivity index (χ4v) is 4.55. The van der Waals surface area contributed by atoms with Crippen molar-refractivity contribution >= 4 is 20.0 Å². The second-order valence-electron chi connectivity index (χ2n) is 5.68. The SMILES string of the molecule is O=S(=O)(NNS(=O)(=O)c1cccc(-c2ccc(F)cc2F)c1)c1ccccc1. The molecule has 0 heterocycles. The number of benzene rings is 3. The van der Waals surface area contributed by atoms with Gasteiger partial charge in [-0.25, -0.2) is 25.6 Å². The van der Waals surface area contributed by atoms with Gasteiger partial charge in [0.2, 0.25) is 0 Å². The molecule has 6 nitrogen and oxygen atoms in total. The second-order valence-corrected chi connectivity index (χ2v) is 9.04. The van der Waals surface area contributed by atoms with Gasteiger partial charge in [-0.15, -0.1) is 9.66 Å². The van der Waals surface area contributed by atoms with E-state index in [1.165, 1.54) is 48.5 Å². The summed E-state index contributed by atoms with van der Waals surface area (Å²) in [5.74, 6) is -1.62. The Hall–Kier alpha value is -2.66. The van der Waals surface area contributed by atoms with Gasteiger partial charge in [0.15, 0.2) is 0 Å². The average molecular weight is 424 g/mol. The molecule has 0 aliphatic rings. The maximum atomic E-state index is 14.0.